The molecule has 0 saturated carbocycles. The molecule has 0 aliphatic heterocycles. The molecule has 3 aromatic rings. The van der Waals surface area contributed by atoms with Gasteiger partial charge in [0.1, 0.15) is 5.75 Å². The molecule has 0 spiro atoms. The van der Waals surface area contributed by atoms with Crippen LogP contribution in [0.4, 0.5) is 0 Å². The molecule has 140 valence electrons. The number of hydrogen-bond donors (Lipinski definition) is 1. The number of rotatable bonds is 8. The molecule has 1 amide bonds. The van der Waals surface area contributed by atoms with Crippen molar-refractivity contribution in [3.8, 4) is 17.0 Å². The normalized spacial score (nSPS) is 10.6. The van der Waals surface area contributed by atoms with Gasteiger partial charge in [0.15, 0.2) is 0 Å². The first kappa shape index (κ1) is 19.4. The van der Waals surface area contributed by atoms with Crippen LogP contribution in [0.1, 0.15) is 17.0 Å². The van der Waals surface area contributed by atoms with Gasteiger partial charge < -0.3 is 10.1 Å². The van der Waals surface area contributed by atoms with Crippen LogP contribution in [0.2, 0.25) is 5.02 Å². The molecule has 0 aliphatic rings. The molecule has 1 N–H and O–H groups in total. The van der Waals surface area contributed by atoms with Crippen molar-refractivity contribution in [1.82, 2.24) is 10.3 Å². The Morgan fingerprint density at radius 1 is 1.15 bits per heavy atom. The van der Waals surface area contributed by atoms with E-state index in [1.54, 1.807) is 35.6 Å². The highest BCUT2D eigenvalue weighted by Crippen LogP contribution is 2.21. The van der Waals surface area contributed by atoms with E-state index in [-0.39, 0.29) is 5.91 Å². The molecule has 0 unspecified atom stereocenters. The zero-order valence-electron chi connectivity index (χ0n) is 15.1. The number of amides is 1. The summed E-state index contributed by atoms with van der Waals surface area (Å²) in [6.07, 6.45) is 1.12. The molecule has 0 bridgehead atoms. The molecule has 2 aromatic carbocycles. The molecule has 3 rings (SSSR count). The number of ether oxygens (including phenoxy) is 1. The van der Waals surface area contributed by atoms with Gasteiger partial charge in [0, 0.05) is 22.5 Å². The molecule has 1 aromatic heterocycles. The number of hydrogen-bond acceptors (Lipinski definition) is 4. The predicted molar refractivity (Wildman–Crippen MR) is 111 cm³/mol. The summed E-state index contributed by atoms with van der Waals surface area (Å²) in [4.78, 5) is 16.4. The van der Waals surface area contributed by atoms with Gasteiger partial charge in [0.05, 0.1) is 23.7 Å². The van der Waals surface area contributed by atoms with Crippen LogP contribution < -0.4 is 10.1 Å². The topological polar surface area (TPSA) is 51.2 Å². The van der Waals surface area contributed by atoms with E-state index in [2.05, 4.69) is 39.9 Å². The van der Waals surface area contributed by atoms with E-state index >= 15 is 0 Å². The average Bonchev–Trinajstić information content (AvgIpc) is 3.10. The molecule has 0 saturated heterocycles. The fourth-order valence-electron chi connectivity index (χ4n) is 2.57. The fourth-order valence-corrected chi connectivity index (χ4v) is 3.31. The van der Waals surface area contributed by atoms with Crippen molar-refractivity contribution in [2.75, 3.05) is 13.2 Å². The number of carbonyl (C=O) groups excluding carboxylic acids is 1. The summed E-state index contributed by atoms with van der Waals surface area (Å²) in [6.45, 7) is 2.95. The Morgan fingerprint density at radius 3 is 2.56 bits per heavy atom. The summed E-state index contributed by atoms with van der Waals surface area (Å²) in [5, 5.41) is 6.72. The maximum Gasteiger partial charge on any atom is 0.223 e. The minimum atomic E-state index is -0.0152. The van der Waals surface area contributed by atoms with Gasteiger partial charge in [0.2, 0.25) is 5.91 Å². The molecule has 6 heteroatoms. The van der Waals surface area contributed by atoms with Crippen LogP contribution in [0.15, 0.2) is 53.9 Å². The highest BCUT2D eigenvalue weighted by atomic mass is 35.5. The minimum Gasteiger partial charge on any atom is -0.493 e. The van der Waals surface area contributed by atoms with E-state index in [0.29, 0.717) is 30.3 Å². The number of carbonyl (C=O) groups is 1. The summed E-state index contributed by atoms with van der Waals surface area (Å²) in [5.41, 5.74) is 3.31. The first-order chi connectivity index (χ1) is 13.1. The summed E-state index contributed by atoms with van der Waals surface area (Å²) in [5.74, 6) is 0.695. The van der Waals surface area contributed by atoms with Gasteiger partial charge in [-0.1, -0.05) is 35.9 Å². The molecule has 0 atom stereocenters. The molecular formula is C21H21ClN2O2S. The first-order valence-corrected chi connectivity index (χ1v) is 10.0. The lowest BCUT2D eigenvalue weighted by Crippen LogP contribution is -2.27. The lowest BCUT2D eigenvalue weighted by molar-refractivity contribution is -0.121. The van der Waals surface area contributed by atoms with Crippen molar-refractivity contribution in [3.05, 3.63) is 69.5 Å². The zero-order valence-corrected chi connectivity index (χ0v) is 16.6. The van der Waals surface area contributed by atoms with Crippen LogP contribution in [0, 0.1) is 6.92 Å². The smallest absolute Gasteiger partial charge is 0.223 e. The number of nitrogens with zero attached hydrogens (tertiary/aromatic N) is 1. The van der Waals surface area contributed by atoms with Crippen molar-refractivity contribution in [2.45, 2.75) is 19.8 Å². The monoisotopic (exact) mass is 400 g/mol. The number of aromatic nitrogens is 1. The molecule has 0 fully saturated rings. The van der Waals surface area contributed by atoms with Gasteiger partial charge in [0.25, 0.3) is 0 Å². The van der Waals surface area contributed by atoms with Gasteiger partial charge in [-0.05, 0) is 43.2 Å². The van der Waals surface area contributed by atoms with Gasteiger partial charge in [-0.2, -0.15) is 0 Å². The Kier molecular flexibility index (Phi) is 6.85. The SMILES string of the molecule is Cc1nc(-c2ccc(CCNC(=O)CCOc3ccc(Cl)cc3)cc2)cs1. The van der Waals surface area contributed by atoms with E-state index in [4.69, 9.17) is 16.3 Å². The number of thiazole rings is 1. The van der Waals surface area contributed by atoms with Crippen LogP contribution in [0.5, 0.6) is 5.75 Å². The lowest BCUT2D eigenvalue weighted by Gasteiger charge is -2.08. The second-order valence-corrected chi connectivity index (χ2v) is 7.60. The third-order valence-electron chi connectivity index (χ3n) is 4.02. The maximum absolute atomic E-state index is 11.9. The lowest BCUT2D eigenvalue weighted by atomic mass is 10.1. The molecule has 0 radical (unpaired) electrons. The van der Waals surface area contributed by atoms with Gasteiger partial charge in [-0.25, -0.2) is 4.98 Å². The standard InChI is InChI=1S/C21H21ClN2O2S/c1-15-24-20(14-27-15)17-4-2-16(3-5-17)10-12-23-21(25)11-13-26-19-8-6-18(22)7-9-19/h2-9,14H,10-13H2,1H3,(H,23,25). The van der Waals surface area contributed by atoms with E-state index in [1.165, 1.54) is 5.56 Å². The minimum absolute atomic E-state index is 0.0152. The average molecular weight is 401 g/mol. The predicted octanol–water partition coefficient (Wildman–Crippen LogP) is 4.90. The van der Waals surface area contributed by atoms with Crippen LogP contribution >= 0.6 is 22.9 Å². The molecule has 4 nitrogen and oxygen atoms in total. The van der Waals surface area contributed by atoms with Crippen LogP contribution in [-0.4, -0.2) is 24.0 Å². The Morgan fingerprint density at radius 2 is 1.89 bits per heavy atom. The van der Waals surface area contributed by atoms with Crippen LogP contribution in [0.3, 0.4) is 0 Å². The molecular weight excluding hydrogens is 380 g/mol. The van der Waals surface area contributed by atoms with Gasteiger partial charge in [-0.3, -0.25) is 4.79 Å². The highest BCUT2D eigenvalue weighted by molar-refractivity contribution is 7.09. The Hall–Kier alpha value is -2.37. The fraction of sp³-hybridized carbons (Fsp3) is 0.238. The number of aryl methyl sites for hydroxylation is 1. The summed E-state index contributed by atoms with van der Waals surface area (Å²) < 4.78 is 5.53. The van der Waals surface area contributed by atoms with Crippen molar-refractivity contribution < 1.29 is 9.53 Å². The third kappa shape index (κ3) is 6.08. The van der Waals surface area contributed by atoms with Gasteiger partial charge >= 0.3 is 0 Å². The number of nitrogens with one attached hydrogen (secondary N) is 1. The van der Waals surface area contributed by atoms with Crippen molar-refractivity contribution in [2.24, 2.45) is 0 Å². The second-order valence-electron chi connectivity index (χ2n) is 6.10. The summed E-state index contributed by atoms with van der Waals surface area (Å²) >= 11 is 7.47. The highest BCUT2D eigenvalue weighted by Gasteiger charge is 2.04. The van der Waals surface area contributed by atoms with Crippen molar-refractivity contribution in [1.29, 1.82) is 0 Å². The maximum atomic E-state index is 11.9. The third-order valence-corrected chi connectivity index (χ3v) is 5.04. The second kappa shape index (κ2) is 9.53. The summed E-state index contributed by atoms with van der Waals surface area (Å²) in [6, 6.07) is 15.4. The van der Waals surface area contributed by atoms with Crippen LogP contribution in [0.25, 0.3) is 11.3 Å². The van der Waals surface area contributed by atoms with Crippen molar-refractivity contribution >= 4 is 28.8 Å². The van der Waals surface area contributed by atoms with E-state index in [0.717, 1.165) is 22.7 Å². The van der Waals surface area contributed by atoms with E-state index in [1.807, 2.05) is 6.92 Å². The van der Waals surface area contributed by atoms with Crippen molar-refractivity contribution in [3.63, 3.8) is 0 Å². The molecule has 27 heavy (non-hydrogen) atoms. The largest absolute Gasteiger partial charge is 0.493 e. The Balaban J connectivity index is 1.36. The summed E-state index contributed by atoms with van der Waals surface area (Å²) in [7, 11) is 0. The van der Waals surface area contributed by atoms with E-state index < -0.39 is 0 Å². The number of halogens is 1. The zero-order chi connectivity index (χ0) is 19.1. The number of benzene rings is 2. The Labute approximate surface area is 168 Å². The first-order valence-electron chi connectivity index (χ1n) is 8.77. The molecule has 0 aliphatic carbocycles. The molecule has 1 heterocycles. The Bertz CT molecular complexity index is 876. The van der Waals surface area contributed by atoms with E-state index in [9.17, 15) is 4.79 Å². The van der Waals surface area contributed by atoms with Gasteiger partial charge in [-0.15, -0.1) is 11.3 Å². The van der Waals surface area contributed by atoms with Crippen LogP contribution in [-0.2, 0) is 11.2 Å². The quantitative estimate of drug-likeness (QED) is 0.585.